The maximum absolute atomic E-state index is 12.7. The Balaban J connectivity index is 2.08. The maximum Gasteiger partial charge on any atom is 0.322 e. The molecule has 6 heteroatoms. The quantitative estimate of drug-likeness (QED) is 0.477. The first-order chi connectivity index (χ1) is 12.5. The van der Waals surface area contributed by atoms with Crippen LogP contribution in [-0.4, -0.2) is 40.6 Å². The zero-order valence-electron chi connectivity index (χ0n) is 17.0. The topological polar surface area (TPSA) is 76.4 Å². The summed E-state index contributed by atoms with van der Waals surface area (Å²) in [6.07, 6.45) is 1.55. The van der Waals surface area contributed by atoms with Crippen molar-refractivity contribution in [1.82, 2.24) is 10.2 Å². The van der Waals surface area contributed by atoms with Crippen LogP contribution >= 0.6 is 15.9 Å². The zero-order valence-corrected chi connectivity index (χ0v) is 18.6. The van der Waals surface area contributed by atoms with E-state index in [0.717, 1.165) is 22.9 Å². The second-order valence-corrected chi connectivity index (χ2v) is 9.50. The first-order valence-corrected chi connectivity index (χ1v) is 10.4. The van der Waals surface area contributed by atoms with Gasteiger partial charge in [0.2, 0.25) is 0 Å². The molecule has 0 aliphatic carbocycles. The summed E-state index contributed by atoms with van der Waals surface area (Å²) in [5.74, 6) is 0.562. The molecule has 1 aliphatic heterocycles. The van der Waals surface area contributed by atoms with Crippen molar-refractivity contribution in [3.8, 4) is 0 Å². The summed E-state index contributed by atoms with van der Waals surface area (Å²) in [6.45, 7) is 11.0. The summed E-state index contributed by atoms with van der Waals surface area (Å²) in [4.78, 5) is 14.5. The van der Waals surface area contributed by atoms with E-state index in [1.165, 1.54) is 0 Å². The number of amides is 2. The molecule has 5 nitrogen and oxygen atoms in total. The molecule has 0 radical (unpaired) electrons. The largest absolute Gasteiger partial charge is 0.390 e. The maximum atomic E-state index is 12.7. The first-order valence-electron chi connectivity index (χ1n) is 9.59. The number of rotatable bonds is 4. The Morgan fingerprint density at radius 1 is 1.22 bits per heavy atom. The monoisotopic (exact) mass is 437 g/mol. The van der Waals surface area contributed by atoms with Crippen LogP contribution in [-0.2, 0) is 5.41 Å². The third-order valence-corrected chi connectivity index (χ3v) is 6.66. The van der Waals surface area contributed by atoms with Gasteiger partial charge in [0.1, 0.15) is 5.84 Å². The van der Waals surface area contributed by atoms with Gasteiger partial charge in [-0.15, -0.1) is 0 Å². The van der Waals surface area contributed by atoms with Crippen LogP contribution in [0.5, 0.6) is 0 Å². The molecule has 1 atom stereocenters. The fraction of sp³-hybridized carbons (Fsp3) is 0.619. The summed E-state index contributed by atoms with van der Waals surface area (Å²) in [5.41, 5.74) is -0.291. The van der Waals surface area contributed by atoms with Crippen molar-refractivity contribution in [3.05, 3.63) is 34.3 Å². The van der Waals surface area contributed by atoms with Crippen LogP contribution in [0.3, 0.4) is 0 Å². The number of benzene rings is 1. The van der Waals surface area contributed by atoms with Crippen molar-refractivity contribution < 1.29 is 9.90 Å². The van der Waals surface area contributed by atoms with Gasteiger partial charge in [0.15, 0.2) is 0 Å². The summed E-state index contributed by atoms with van der Waals surface area (Å²) in [5, 5.41) is 21.6. The Labute approximate surface area is 171 Å². The number of carbonyl (C=O) groups is 1. The summed E-state index contributed by atoms with van der Waals surface area (Å²) in [6, 6.07) is 7.70. The Morgan fingerprint density at radius 3 is 2.19 bits per heavy atom. The second-order valence-electron chi connectivity index (χ2n) is 8.58. The Kier molecular flexibility index (Phi) is 6.74. The number of likely N-dealkylation sites (tertiary alicyclic amines) is 1. The van der Waals surface area contributed by atoms with Crippen molar-refractivity contribution in [1.29, 1.82) is 5.41 Å². The predicted octanol–water partition coefficient (Wildman–Crippen LogP) is 4.53. The zero-order chi connectivity index (χ0) is 20.4. The Hall–Kier alpha value is -1.40. The van der Waals surface area contributed by atoms with Crippen LogP contribution in [0.4, 0.5) is 4.79 Å². The van der Waals surface area contributed by atoms with Gasteiger partial charge in [-0.05, 0) is 63.1 Å². The molecule has 27 heavy (non-hydrogen) atoms. The van der Waals surface area contributed by atoms with E-state index in [0.29, 0.717) is 13.1 Å². The Morgan fingerprint density at radius 2 is 1.74 bits per heavy atom. The molecule has 2 amide bonds. The number of piperidine rings is 1. The number of carbonyl (C=O) groups excluding carboxylic acids is 1. The van der Waals surface area contributed by atoms with Crippen LogP contribution in [0.1, 0.15) is 53.0 Å². The lowest BCUT2D eigenvalue weighted by molar-refractivity contribution is -0.00751. The first kappa shape index (κ1) is 21.9. The molecule has 1 aliphatic rings. The summed E-state index contributed by atoms with van der Waals surface area (Å²) < 4.78 is 0.989. The van der Waals surface area contributed by atoms with E-state index in [9.17, 15) is 9.90 Å². The van der Waals surface area contributed by atoms with Gasteiger partial charge in [-0.1, -0.05) is 41.9 Å². The molecule has 1 unspecified atom stereocenters. The molecule has 1 aromatic rings. The number of nitrogens with zero attached hydrogens (tertiary/aromatic N) is 1. The highest BCUT2D eigenvalue weighted by Crippen LogP contribution is 2.33. The minimum absolute atomic E-state index is 0.146. The van der Waals surface area contributed by atoms with E-state index >= 15 is 0 Å². The van der Waals surface area contributed by atoms with Gasteiger partial charge in [-0.2, -0.15) is 0 Å². The lowest BCUT2D eigenvalue weighted by atomic mass is 9.72. The highest BCUT2D eigenvalue weighted by atomic mass is 79.9. The smallest absolute Gasteiger partial charge is 0.322 e. The third kappa shape index (κ3) is 4.91. The van der Waals surface area contributed by atoms with Crippen LogP contribution in [0.15, 0.2) is 28.7 Å². The molecule has 1 heterocycles. The molecule has 0 aromatic heterocycles. The van der Waals surface area contributed by atoms with Gasteiger partial charge in [-0.25, -0.2) is 4.79 Å². The highest BCUT2D eigenvalue weighted by Gasteiger charge is 2.38. The molecule has 0 bridgehead atoms. The van der Waals surface area contributed by atoms with E-state index in [4.69, 9.17) is 5.41 Å². The van der Waals surface area contributed by atoms with E-state index in [2.05, 4.69) is 35.1 Å². The number of hydrogen-bond donors (Lipinski definition) is 3. The van der Waals surface area contributed by atoms with Crippen molar-refractivity contribution in [2.24, 2.45) is 11.8 Å². The highest BCUT2D eigenvalue weighted by molar-refractivity contribution is 9.10. The summed E-state index contributed by atoms with van der Waals surface area (Å²) in [7, 11) is 0. The number of aliphatic hydroxyl groups is 1. The minimum atomic E-state index is -0.715. The van der Waals surface area contributed by atoms with E-state index in [-0.39, 0.29) is 23.7 Å². The number of hydrogen-bond acceptors (Lipinski definition) is 3. The number of halogens is 1. The third-order valence-electron chi connectivity index (χ3n) is 6.13. The molecule has 1 saturated heterocycles. The molecule has 1 aromatic carbocycles. The Bertz CT molecular complexity index is 674. The SMILES string of the molecule is CC(C)C(C)(C(=N)NC(=O)N1CCC(C(C)(C)O)CC1)c1ccc(Br)cc1. The average Bonchev–Trinajstić information content (AvgIpc) is 2.60. The van der Waals surface area contributed by atoms with E-state index in [1.807, 2.05) is 45.0 Å². The van der Waals surface area contributed by atoms with Gasteiger partial charge in [-0.3, -0.25) is 10.7 Å². The van der Waals surface area contributed by atoms with E-state index < -0.39 is 11.0 Å². The molecule has 0 spiro atoms. The fourth-order valence-corrected chi connectivity index (χ4v) is 3.93. The van der Waals surface area contributed by atoms with Gasteiger partial charge in [0.05, 0.1) is 11.0 Å². The molecule has 1 fully saturated rings. The van der Waals surface area contributed by atoms with Gasteiger partial charge in [0, 0.05) is 17.6 Å². The lowest BCUT2D eigenvalue weighted by Crippen LogP contribution is -2.53. The fourth-order valence-electron chi connectivity index (χ4n) is 3.67. The summed E-state index contributed by atoms with van der Waals surface area (Å²) >= 11 is 3.45. The van der Waals surface area contributed by atoms with Gasteiger partial charge >= 0.3 is 6.03 Å². The minimum Gasteiger partial charge on any atom is -0.390 e. The van der Waals surface area contributed by atoms with Gasteiger partial charge in [0.25, 0.3) is 0 Å². The predicted molar refractivity (Wildman–Crippen MR) is 113 cm³/mol. The number of urea groups is 1. The molecule has 2 rings (SSSR count). The van der Waals surface area contributed by atoms with Crippen molar-refractivity contribution in [3.63, 3.8) is 0 Å². The molecule has 3 N–H and O–H groups in total. The van der Waals surface area contributed by atoms with Gasteiger partial charge < -0.3 is 10.0 Å². The van der Waals surface area contributed by atoms with Crippen molar-refractivity contribution in [2.45, 2.75) is 58.5 Å². The number of nitrogens with one attached hydrogen (secondary N) is 2. The van der Waals surface area contributed by atoms with Crippen LogP contribution < -0.4 is 5.32 Å². The molecular formula is C21H32BrN3O2. The van der Waals surface area contributed by atoms with Crippen LogP contribution in [0.2, 0.25) is 0 Å². The molecule has 0 saturated carbocycles. The van der Waals surface area contributed by atoms with Crippen LogP contribution in [0, 0.1) is 17.2 Å². The standard InChI is InChI=1S/C21H32BrN3O2/c1-14(2)21(5,16-6-8-17(22)9-7-16)18(23)24-19(26)25-12-10-15(11-13-25)20(3,4)27/h6-9,14-15,27H,10-13H2,1-5H3,(H2,23,24,26). The normalized spacial score (nSPS) is 18.3. The van der Waals surface area contributed by atoms with Crippen LogP contribution in [0.25, 0.3) is 0 Å². The molecule has 150 valence electrons. The second kappa shape index (κ2) is 8.31. The van der Waals surface area contributed by atoms with E-state index in [1.54, 1.807) is 4.90 Å². The molecular weight excluding hydrogens is 406 g/mol. The van der Waals surface area contributed by atoms with Crippen molar-refractivity contribution >= 4 is 27.8 Å². The average molecular weight is 438 g/mol. The number of amidine groups is 1. The lowest BCUT2D eigenvalue weighted by Gasteiger charge is -2.39. The van der Waals surface area contributed by atoms with Crippen molar-refractivity contribution in [2.75, 3.05) is 13.1 Å².